The molecule has 0 aliphatic carbocycles. The molecule has 0 bridgehead atoms. The second kappa shape index (κ2) is 6.13. The summed E-state index contributed by atoms with van der Waals surface area (Å²) >= 11 is 0. The third kappa shape index (κ3) is 3.04. The van der Waals surface area contributed by atoms with E-state index in [0.29, 0.717) is 0 Å². The fraction of sp³-hybridized carbons (Fsp3) is 0.533. The van der Waals surface area contributed by atoms with Crippen LogP contribution < -0.4 is 4.90 Å². The van der Waals surface area contributed by atoms with Crippen LogP contribution in [0, 0.1) is 13.8 Å². The van der Waals surface area contributed by atoms with E-state index >= 15 is 0 Å². The Bertz CT molecular complexity index is 600. The largest absolute Gasteiger partial charge is 0.377 e. The molecule has 5 heteroatoms. The van der Waals surface area contributed by atoms with Crippen LogP contribution in [0.3, 0.4) is 0 Å². The quantitative estimate of drug-likeness (QED) is 0.838. The number of nitrogens with zero attached hydrogens (tertiary/aromatic N) is 4. The van der Waals surface area contributed by atoms with Crippen molar-refractivity contribution in [3.63, 3.8) is 0 Å². The average Bonchev–Trinajstić information content (AvgIpc) is 2.37. The summed E-state index contributed by atoms with van der Waals surface area (Å²) in [6.07, 6.45) is 1.74. The number of rotatable bonds is 5. The minimum Gasteiger partial charge on any atom is -0.377 e. The van der Waals surface area contributed by atoms with Crippen molar-refractivity contribution in [1.82, 2.24) is 15.0 Å². The molecule has 5 nitrogen and oxygen atoms in total. The van der Waals surface area contributed by atoms with Crippen LogP contribution in [-0.2, 0) is 4.74 Å². The zero-order chi connectivity index (χ0) is 14.7. The molecule has 2 heterocycles. The van der Waals surface area contributed by atoms with Crippen LogP contribution in [0.15, 0.2) is 12.4 Å². The van der Waals surface area contributed by atoms with Gasteiger partial charge in [0.2, 0.25) is 0 Å². The Morgan fingerprint density at radius 2 is 2.05 bits per heavy atom. The predicted octanol–water partition coefficient (Wildman–Crippen LogP) is 2.50. The molecule has 20 heavy (non-hydrogen) atoms. The summed E-state index contributed by atoms with van der Waals surface area (Å²) in [4.78, 5) is 15.3. The van der Waals surface area contributed by atoms with Gasteiger partial charge in [0.05, 0.1) is 11.5 Å². The number of likely N-dealkylation sites (N-methyl/N-ethyl adjacent to an activating group) is 1. The number of ether oxygens (including phenoxy) is 1. The normalized spacial score (nSPS) is 12.7. The van der Waals surface area contributed by atoms with Crippen molar-refractivity contribution in [1.29, 1.82) is 0 Å². The second-order valence-corrected chi connectivity index (χ2v) is 5.12. The molecule has 0 N–H and O–H groups in total. The van der Waals surface area contributed by atoms with Crippen molar-refractivity contribution in [3.05, 3.63) is 23.7 Å². The first-order chi connectivity index (χ1) is 9.52. The second-order valence-electron chi connectivity index (χ2n) is 5.12. The van der Waals surface area contributed by atoms with Gasteiger partial charge in [0.1, 0.15) is 12.1 Å². The monoisotopic (exact) mass is 274 g/mol. The molecule has 2 rings (SSSR count). The third-order valence-corrected chi connectivity index (χ3v) is 3.25. The minimum absolute atomic E-state index is 0.161. The summed E-state index contributed by atoms with van der Waals surface area (Å²) in [6.45, 7) is 9.64. The molecule has 0 amide bonds. The maximum Gasteiger partial charge on any atom is 0.165 e. The fourth-order valence-corrected chi connectivity index (χ4v) is 2.49. The number of hydrogen-bond donors (Lipinski definition) is 0. The van der Waals surface area contributed by atoms with Crippen LogP contribution in [0.25, 0.3) is 11.0 Å². The van der Waals surface area contributed by atoms with Gasteiger partial charge in [0, 0.05) is 25.9 Å². The van der Waals surface area contributed by atoms with E-state index in [9.17, 15) is 0 Å². The van der Waals surface area contributed by atoms with E-state index in [1.54, 1.807) is 6.33 Å². The van der Waals surface area contributed by atoms with Gasteiger partial charge >= 0.3 is 0 Å². The standard InChI is InChI=1S/C15H22N4O/c1-6-20-12(4)8-19(5)15-13-10(2)7-11(3)18-14(13)16-9-17-15/h7,9,12H,6,8H2,1-5H3/t12-/m1/s1. The molecule has 0 unspecified atom stereocenters. The molecular formula is C15H22N4O. The molecule has 0 spiro atoms. The predicted molar refractivity (Wildman–Crippen MR) is 81.2 cm³/mol. The molecule has 1 atom stereocenters. The molecule has 108 valence electrons. The maximum absolute atomic E-state index is 5.59. The highest BCUT2D eigenvalue weighted by atomic mass is 16.5. The third-order valence-electron chi connectivity index (χ3n) is 3.25. The topological polar surface area (TPSA) is 51.1 Å². The van der Waals surface area contributed by atoms with Gasteiger partial charge in [-0.3, -0.25) is 0 Å². The van der Waals surface area contributed by atoms with Crippen molar-refractivity contribution < 1.29 is 4.74 Å². The summed E-state index contributed by atoms with van der Waals surface area (Å²) in [5.41, 5.74) is 2.88. The number of fused-ring (bicyclic) bond motifs is 1. The summed E-state index contributed by atoms with van der Waals surface area (Å²) in [6, 6.07) is 2.06. The van der Waals surface area contributed by atoms with Crippen LogP contribution in [0.1, 0.15) is 25.1 Å². The molecule has 0 aliphatic heterocycles. The van der Waals surface area contributed by atoms with Crippen molar-refractivity contribution in [2.45, 2.75) is 33.8 Å². The van der Waals surface area contributed by atoms with E-state index in [2.05, 4.69) is 39.8 Å². The summed E-state index contributed by atoms with van der Waals surface area (Å²) in [5, 5.41) is 1.02. The first-order valence-corrected chi connectivity index (χ1v) is 6.94. The molecule has 2 aromatic heterocycles. The van der Waals surface area contributed by atoms with Crippen LogP contribution in [0.2, 0.25) is 0 Å². The van der Waals surface area contributed by atoms with Gasteiger partial charge < -0.3 is 9.64 Å². The van der Waals surface area contributed by atoms with Crippen LogP contribution in [0.5, 0.6) is 0 Å². The van der Waals surface area contributed by atoms with Gasteiger partial charge in [-0.25, -0.2) is 15.0 Å². The van der Waals surface area contributed by atoms with Crippen LogP contribution in [-0.4, -0.2) is 41.3 Å². The first kappa shape index (κ1) is 14.7. The van der Waals surface area contributed by atoms with Gasteiger partial charge in [-0.1, -0.05) is 0 Å². The minimum atomic E-state index is 0.161. The molecule has 0 saturated carbocycles. The number of aromatic nitrogens is 3. The van der Waals surface area contributed by atoms with Crippen molar-refractivity contribution in [2.75, 3.05) is 25.1 Å². The smallest absolute Gasteiger partial charge is 0.165 e. The Hall–Kier alpha value is -1.75. The van der Waals surface area contributed by atoms with Gasteiger partial charge in [-0.05, 0) is 39.3 Å². The zero-order valence-corrected chi connectivity index (χ0v) is 12.8. The summed E-state index contributed by atoms with van der Waals surface area (Å²) < 4.78 is 5.59. The molecule has 0 saturated heterocycles. The Kier molecular flexibility index (Phi) is 4.49. The highest BCUT2D eigenvalue weighted by Crippen LogP contribution is 2.25. The van der Waals surface area contributed by atoms with E-state index in [1.807, 2.05) is 20.9 Å². The fourth-order valence-electron chi connectivity index (χ4n) is 2.49. The molecule has 0 radical (unpaired) electrons. The zero-order valence-electron chi connectivity index (χ0n) is 12.8. The maximum atomic E-state index is 5.59. The number of hydrogen-bond acceptors (Lipinski definition) is 5. The Morgan fingerprint density at radius 1 is 1.30 bits per heavy atom. The number of pyridine rings is 1. The van der Waals surface area contributed by atoms with E-state index in [4.69, 9.17) is 4.74 Å². The van der Waals surface area contributed by atoms with E-state index in [0.717, 1.165) is 41.3 Å². The van der Waals surface area contributed by atoms with Crippen molar-refractivity contribution in [3.8, 4) is 0 Å². The Balaban J connectivity index is 2.39. The molecule has 0 aromatic carbocycles. The molecule has 2 aromatic rings. The summed E-state index contributed by atoms with van der Waals surface area (Å²) in [5.74, 6) is 0.909. The molecule has 0 aliphatic rings. The van der Waals surface area contributed by atoms with Gasteiger partial charge in [-0.2, -0.15) is 0 Å². The Labute approximate surface area is 120 Å². The lowest BCUT2D eigenvalue weighted by molar-refractivity contribution is 0.0817. The highest BCUT2D eigenvalue weighted by Gasteiger charge is 2.14. The van der Waals surface area contributed by atoms with Crippen LogP contribution >= 0.6 is 0 Å². The molecule has 0 fully saturated rings. The highest BCUT2D eigenvalue weighted by molar-refractivity contribution is 5.89. The SMILES string of the molecule is CCO[C@H](C)CN(C)c1ncnc2nc(C)cc(C)c12. The first-order valence-electron chi connectivity index (χ1n) is 6.94. The van der Waals surface area contributed by atoms with Crippen molar-refractivity contribution >= 4 is 16.9 Å². The average molecular weight is 274 g/mol. The molecular weight excluding hydrogens is 252 g/mol. The van der Waals surface area contributed by atoms with Crippen molar-refractivity contribution in [2.24, 2.45) is 0 Å². The van der Waals surface area contributed by atoms with Gasteiger partial charge in [0.25, 0.3) is 0 Å². The van der Waals surface area contributed by atoms with E-state index in [1.165, 1.54) is 0 Å². The van der Waals surface area contributed by atoms with Crippen LogP contribution in [0.4, 0.5) is 5.82 Å². The van der Waals surface area contributed by atoms with Gasteiger partial charge in [0.15, 0.2) is 5.65 Å². The lowest BCUT2D eigenvalue weighted by atomic mass is 10.1. The van der Waals surface area contributed by atoms with Gasteiger partial charge in [-0.15, -0.1) is 0 Å². The van der Waals surface area contributed by atoms with E-state index < -0.39 is 0 Å². The van der Waals surface area contributed by atoms with E-state index in [-0.39, 0.29) is 6.10 Å². The lowest BCUT2D eigenvalue weighted by Crippen LogP contribution is -2.30. The summed E-state index contributed by atoms with van der Waals surface area (Å²) in [7, 11) is 2.02. The number of aryl methyl sites for hydroxylation is 2. The lowest BCUT2D eigenvalue weighted by Gasteiger charge is -2.23. The number of anilines is 1. The Morgan fingerprint density at radius 3 is 2.75 bits per heavy atom.